The monoisotopic (exact) mass is 538 g/mol. The summed E-state index contributed by atoms with van der Waals surface area (Å²) in [7, 11) is 2.14. The Kier molecular flexibility index (Phi) is 9.62. The molecule has 1 aliphatic rings. The van der Waals surface area contributed by atoms with Gasteiger partial charge in [0, 0.05) is 49.7 Å². The summed E-state index contributed by atoms with van der Waals surface area (Å²) >= 11 is 0. The van der Waals surface area contributed by atoms with Gasteiger partial charge in [0.1, 0.15) is 5.75 Å². The Bertz CT molecular complexity index is 1270. The SMILES string of the molecule is CN1CCN(CCCNC(=O)c2cccc(Nc3cccc(C=Cc4cccc(OC(F)(F)F)c4)c3)c2)CC1. The van der Waals surface area contributed by atoms with Gasteiger partial charge in [-0.15, -0.1) is 13.2 Å². The van der Waals surface area contributed by atoms with Gasteiger partial charge in [-0.3, -0.25) is 4.79 Å². The molecule has 3 aromatic carbocycles. The van der Waals surface area contributed by atoms with Crippen LogP contribution in [0, 0.1) is 0 Å². The number of nitrogens with one attached hydrogen (secondary N) is 2. The summed E-state index contributed by atoms with van der Waals surface area (Å²) in [6.07, 6.45) is -0.292. The van der Waals surface area contributed by atoms with Crippen molar-refractivity contribution in [3.8, 4) is 5.75 Å². The summed E-state index contributed by atoms with van der Waals surface area (Å²) < 4.78 is 41.5. The number of ether oxygens (including phenoxy) is 1. The quantitative estimate of drug-likeness (QED) is 0.250. The third-order valence-electron chi connectivity index (χ3n) is 6.39. The molecule has 0 unspecified atom stereocenters. The number of anilines is 2. The number of benzene rings is 3. The summed E-state index contributed by atoms with van der Waals surface area (Å²) in [5.41, 5.74) is 3.61. The second kappa shape index (κ2) is 13.3. The molecule has 39 heavy (non-hydrogen) atoms. The molecule has 0 spiro atoms. The van der Waals surface area contributed by atoms with E-state index in [4.69, 9.17) is 0 Å². The van der Waals surface area contributed by atoms with Gasteiger partial charge < -0.3 is 25.2 Å². The maximum absolute atomic E-state index is 12.7. The first-order valence-electron chi connectivity index (χ1n) is 12.9. The highest BCUT2D eigenvalue weighted by Gasteiger charge is 2.31. The normalized spacial score (nSPS) is 14.9. The van der Waals surface area contributed by atoms with Gasteiger partial charge >= 0.3 is 6.36 Å². The maximum Gasteiger partial charge on any atom is 0.573 e. The van der Waals surface area contributed by atoms with Crippen LogP contribution in [0.5, 0.6) is 5.75 Å². The van der Waals surface area contributed by atoms with Crippen molar-refractivity contribution in [1.82, 2.24) is 15.1 Å². The number of amides is 1. The summed E-state index contributed by atoms with van der Waals surface area (Å²) in [5.74, 6) is -0.371. The molecule has 0 aliphatic carbocycles. The van der Waals surface area contributed by atoms with Crippen molar-refractivity contribution in [3.05, 3.63) is 89.5 Å². The molecular weight excluding hydrogens is 505 g/mol. The second-order valence-corrected chi connectivity index (χ2v) is 9.54. The van der Waals surface area contributed by atoms with Gasteiger partial charge in [0.05, 0.1) is 0 Å². The van der Waals surface area contributed by atoms with Gasteiger partial charge in [0.2, 0.25) is 0 Å². The van der Waals surface area contributed by atoms with Crippen LogP contribution in [0.1, 0.15) is 27.9 Å². The zero-order chi connectivity index (χ0) is 27.7. The number of nitrogens with zero attached hydrogens (tertiary/aromatic N) is 2. The smallest absolute Gasteiger partial charge is 0.406 e. The minimum Gasteiger partial charge on any atom is -0.406 e. The molecule has 1 fully saturated rings. The molecular formula is C30H33F3N4O2. The molecule has 4 rings (SSSR count). The van der Waals surface area contributed by atoms with Gasteiger partial charge in [-0.2, -0.15) is 0 Å². The molecule has 1 saturated heterocycles. The zero-order valence-electron chi connectivity index (χ0n) is 21.9. The van der Waals surface area contributed by atoms with E-state index >= 15 is 0 Å². The first kappa shape index (κ1) is 28.2. The number of alkyl halides is 3. The fourth-order valence-electron chi connectivity index (χ4n) is 4.31. The average molecular weight is 539 g/mol. The van der Waals surface area contributed by atoms with E-state index in [-0.39, 0.29) is 11.7 Å². The van der Waals surface area contributed by atoms with Crippen LogP contribution in [0.4, 0.5) is 24.5 Å². The Morgan fingerprint density at radius 1 is 0.897 bits per heavy atom. The van der Waals surface area contributed by atoms with Gasteiger partial charge in [-0.05, 0) is 73.6 Å². The molecule has 0 saturated carbocycles. The first-order valence-corrected chi connectivity index (χ1v) is 12.9. The molecule has 0 aromatic heterocycles. The second-order valence-electron chi connectivity index (χ2n) is 9.54. The summed E-state index contributed by atoms with van der Waals surface area (Å²) in [5, 5.41) is 6.33. The van der Waals surface area contributed by atoms with Crippen molar-refractivity contribution in [2.75, 3.05) is 51.6 Å². The van der Waals surface area contributed by atoms with Gasteiger partial charge in [-0.1, -0.05) is 42.5 Å². The Morgan fingerprint density at radius 3 is 2.26 bits per heavy atom. The Balaban J connectivity index is 1.30. The largest absolute Gasteiger partial charge is 0.573 e. The minimum atomic E-state index is -4.73. The van der Waals surface area contributed by atoms with E-state index in [1.165, 1.54) is 18.2 Å². The number of halogens is 3. The van der Waals surface area contributed by atoms with Gasteiger partial charge in [0.25, 0.3) is 5.91 Å². The van der Waals surface area contributed by atoms with Crippen LogP contribution >= 0.6 is 0 Å². The van der Waals surface area contributed by atoms with Crippen molar-refractivity contribution in [2.24, 2.45) is 0 Å². The lowest BCUT2D eigenvalue weighted by atomic mass is 10.1. The Labute approximate surface area is 227 Å². The number of carbonyl (C=O) groups excluding carboxylic acids is 1. The predicted octanol–water partition coefficient (Wildman–Crippen LogP) is 5.87. The molecule has 0 atom stereocenters. The van der Waals surface area contributed by atoms with Crippen LogP contribution in [0.2, 0.25) is 0 Å². The number of carbonyl (C=O) groups is 1. The Morgan fingerprint density at radius 2 is 1.54 bits per heavy atom. The van der Waals surface area contributed by atoms with Crippen molar-refractivity contribution in [2.45, 2.75) is 12.8 Å². The summed E-state index contributed by atoms with van der Waals surface area (Å²) in [4.78, 5) is 17.4. The zero-order valence-corrected chi connectivity index (χ0v) is 21.9. The van der Waals surface area contributed by atoms with Crippen LogP contribution in [-0.4, -0.2) is 68.4 Å². The highest BCUT2D eigenvalue weighted by molar-refractivity contribution is 5.95. The molecule has 1 heterocycles. The van der Waals surface area contributed by atoms with E-state index < -0.39 is 6.36 Å². The molecule has 0 radical (unpaired) electrons. The topological polar surface area (TPSA) is 56.8 Å². The molecule has 1 amide bonds. The number of piperazine rings is 1. The number of hydrogen-bond acceptors (Lipinski definition) is 5. The average Bonchev–Trinajstić information content (AvgIpc) is 2.90. The maximum atomic E-state index is 12.7. The van der Waals surface area contributed by atoms with E-state index in [1.807, 2.05) is 48.5 Å². The van der Waals surface area contributed by atoms with Crippen molar-refractivity contribution < 1.29 is 22.7 Å². The van der Waals surface area contributed by atoms with E-state index in [2.05, 4.69) is 32.2 Å². The van der Waals surface area contributed by atoms with Crippen LogP contribution in [0.15, 0.2) is 72.8 Å². The predicted molar refractivity (Wildman–Crippen MR) is 149 cm³/mol. The van der Waals surface area contributed by atoms with E-state index in [1.54, 1.807) is 18.2 Å². The fourth-order valence-corrected chi connectivity index (χ4v) is 4.31. The first-order chi connectivity index (χ1) is 18.7. The van der Waals surface area contributed by atoms with Crippen LogP contribution in [-0.2, 0) is 0 Å². The van der Waals surface area contributed by atoms with E-state index in [0.29, 0.717) is 17.7 Å². The third-order valence-corrected chi connectivity index (χ3v) is 6.39. The lowest BCUT2D eigenvalue weighted by Crippen LogP contribution is -2.45. The molecule has 1 aliphatic heterocycles. The molecule has 206 valence electrons. The molecule has 9 heteroatoms. The lowest BCUT2D eigenvalue weighted by molar-refractivity contribution is -0.274. The standard InChI is InChI=1S/C30H33F3N4O2/c1-36-16-18-37(19-17-36)15-5-14-34-29(38)25-8-4-10-27(22-25)35-26-9-2-6-23(20-26)12-13-24-7-3-11-28(21-24)39-30(31,32)33/h2-4,6-13,20-22,35H,5,14-19H2,1H3,(H,34,38). The molecule has 3 aromatic rings. The van der Waals surface area contributed by atoms with Crippen LogP contribution in [0.3, 0.4) is 0 Å². The minimum absolute atomic E-state index is 0.106. The number of rotatable bonds is 10. The van der Waals surface area contributed by atoms with Gasteiger partial charge in [0.15, 0.2) is 0 Å². The van der Waals surface area contributed by atoms with Crippen molar-refractivity contribution in [1.29, 1.82) is 0 Å². The molecule has 6 nitrogen and oxygen atoms in total. The molecule has 0 bridgehead atoms. The van der Waals surface area contributed by atoms with Crippen LogP contribution < -0.4 is 15.4 Å². The van der Waals surface area contributed by atoms with E-state index in [9.17, 15) is 18.0 Å². The van der Waals surface area contributed by atoms with Crippen LogP contribution in [0.25, 0.3) is 12.2 Å². The van der Waals surface area contributed by atoms with Crippen molar-refractivity contribution in [3.63, 3.8) is 0 Å². The Hall–Kier alpha value is -3.82. The van der Waals surface area contributed by atoms with E-state index in [0.717, 1.165) is 56.1 Å². The summed E-state index contributed by atoms with van der Waals surface area (Å²) in [6.45, 7) is 5.91. The highest BCUT2D eigenvalue weighted by Crippen LogP contribution is 2.25. The summed E-state index contributed by atoms with van der Waals surface area (Å²) in [6, 6.07) is 20.7. The highest BCUT2D eigenvalue weighted by atomic mass is 19.4. The molecule has 2 N–H and O–H groups in total. The lowest BCUT2D eigenvalue weighted by Gasteiger charge is -2.32. The number of hydrogen-bond donors (Lipinski definition) is 2. The van der Waals surface area contributed by atoms with Crippen molar-refractivity contribution >= 4 is 29.4 Å². The number of likely N-dealkylation sites (N-methyl/N-ethyl adjacent to an activating group) is 1. The van der Waals surface area contributed by atoms with Gasteiger partial charge in [-0.25, -0.2) is 0 Å². The fraction of sp³-hybridized carbons (Fsp3) is 0.300. The third kappa shape index (κ3) is 9.46.